The van der Waals surface area contributed by atoms with Crippen molar-refractivity contribution in [3.8, 4) is 0 Å². The quantitative estimate of drug-likeness (QED) is 0.874. The van der Waals surface area contributed by atoms with E-state index in [4.69, 9.17) is 4.84 Å². The Kier molecular flexibility index (Phi) is 5.41. The maximum Gasteiger partial charge on any atom is 0.416 e. The highest BCUT2D eigenvalue weighted by Crippen LogP contribution is 2.30. The van der Waals surface area contributed by atoms with Crippen LogP contribution in [0.3, 0.4) is 0 Å². The van der Waals surface area contributed by atoms with E-state index in [1.165, 1.54) is 18.3 Å². The van der Waals surface area contributed by atoms with Crippen LogP contribution in [0.2, 0.25) is 0 Å². The van der Waals surface area contributed by atoms with Crippen LogP contribution in [0.15, 0.2) is 41.3 Å². The number of alkyl halides is 3. The van der Waals surface area contributed by atoms with E-state index in [2.05, 4.69) is 10.5 Å². The smallest absolute Gasteiger partial charge is 0.362 e. The summed E-state index contributed by atoms with van der Waals surface area (Å²) in [6.07, 6.45) is 1.24. The fourth-order valence-electron chi connectivity index (χ4n) is 2.03. The highest BCUT2D eigenvalue weighted by molar-refractivity contribution is 6.03. The van der Waals surface area contributed by atoms with Gasteiger partial charge in [0.25, 0.3) is 0 Å². The number of amides is 1. The second-order valence-corrected chi connectivity index (χ2v) is 5.17. The SMILES string of the molecule is CCCCC1=CC(C(=O)Nc2ccc(C(F)(F)F)cc2)C=NO1. The average molecular weight is 326 g/mol. The van der Waals surface area contributed by atoms with Gasteiger partial charge in [-0.1, -0.05) is 18.5 Å². The molecular formula is C16H17F3N2O2. The molecule has 1 aliphatic heterocycles. The van der Waals surface area contributed by atoms with Gasteiger partial charge in [-0.2, -0.15) is 13.2 Å². The summed E-state index contributed by atoms with van der Waals surface area (Å²) in [7, 11) is 0. The first kappa shape index (κ1) is 17.1. The average Bonchev–Trinajstić information content (AvgIpc) is 2.53. The van der Waals surface area contributed by atoms with Crippen LogP contribution in [0.5, 0.6) is 0 Å². The number of hydrogen-bond donors (Lipinski definition) is 1. The molecule has 0 spiro atoms. The van der Waals surface area contributed by atoms with Gasteiger partial charge in [0.1, 0.15) is 5.76 Å². The van der Waals surface area contributed by atoms with Crippen LogP contribution in [0.25, 0.3) is 0 Å². The fourth-order valence-corrected chi connectivity index (χ4v) is 2.03. The van der Waals surface area contributed by atoms with Crippen LogP contribution >= 0.6 is 0 Å². The number of halogens is 3. The van der Waals surface area contributed by atoms with Crippen LogP contribution in [0.4, 0.5) is 18.9 Å². The number of hydrogen-bond acceptors (Lipinski definition) is 3. The molecule has 0 aliphatic carbocycles. The van der Waals surface area contributed by atoms with E-state index in [1.807, 2.05) is 6.92 Å². The van der Waals surface area contributed by atoms with E-state index in [0.29, 0.717) is 17.9 Å². The predicted octanol–water partition coefficient (Wildman–Crippen LogP) is 4.35. The summed E-state index contributed by atoms with van der Waals surface area (Å²) in [5, 5.41) is 6.27. The molecule has 1 aromatic carbocycles. The van der Waals surface area contributed by atoms with E-state index in [-0.39, 0.29) is 5.91 Å². The summed E-state index contributed by atoms with van der Waals surface area (Å²) in [4.78, 5) is 17.2. The van der Waals surface area contributed by atoms with Gasteiger partial charge < -0.3 is 10.2 Å². The fraction of sp³-hybridized carbons (Fsp3) is 0.375. The molecule has 1 atom stereocenters. The molecule has 7 heteroatoms. The highest BCUT2D eigenvalue weighted by atomic mass is 19.4. The molecule has 1 heterocycles. The van der Waals surface area contributed by atoms with Crippen molar-refractivity contribution in [3.63, 3.8) is 0 Å². The van der Waals surface area contributed by atoms with Crippen molar-refractivity contribution in [3.05, 3.63) is 41.7 Å². The van der Waals surface area contributed by atoms with Crippen molar-refractivity contribution in [2.75, 3.05) is 5.32 Å². The molecule has 1 amide bonds. The van der Waals surface area contributed by atoms with E-state index in [1.54, 1.807) is 6.08 Å². The van der Waals surface area contributed by atoms with Gasteiger partial charge in [0.2, 0.25) is 5.91 Å². The van der Waals surface area contributed by atoms with E-state index < -0.39 is 17.7 Å². The minimum absolute atomic E-state index is 0.298. The lowest BCUT2D eigenvalue weighted by Crippen LogP contribution is -2.24. The predicted molar refractivity (Wildman–Crippen MR) is 80.7 cm³/mol. The molecule has 4 nitrogen and oxygen atoms in total. The molecule has 0 saturated carbocycles. The van der Waals surface area contributed by atoms with Gasteiger partial charge in [-0.3, -0.25) is 4.79 Å². The molecule has 1 aliphatic rings. The number of allylic oxidation sites excluding steroid dienone is 1. The number of nitrogens with one attached hydrogen (secondary N) is 1. The highest BCUT2D eigenvalue weighted by Gasteiger charge is 2.30. The van der Waals surface area contributed by atoms with Crippen LogP contribution in [0, 0.1) is 5.92 Å². The zero-order valence-electron chi connectivity index (χ0n) is 12.6. The van der Waals surface area contributed by atoms with E-state index in [9.17, 15) is 18.0 Å². The Hall–Kier alpha value is -2.31. The van der Waals surface area contributed by atoms with E-state index in [0.717, 1.165) is 25.0 Å². The van der Waals surface area contributed by atoms with Crippen molar-refractivity contribution >= 4 is 17.8 Å². The van der Waals surface area contributed by atoms with Gasteiger partial charge in [-0.05, 0) is 36.8 Å². The minimum atomic E-state index is -4.40. The van der Waals surface area contributed by atoms with Gasteiger partial charge in [0.15, 0.2) is 0 Å². The van der Waals surface area contributed by atoms with Crippen molar-refractivity contribution in [1.82, 2.24) is 0 Å². The largest absolute Gasteiger partial charge is 0.416 e. The summed E-state index contributed by atoms with van der Waals surface area (Å²) in [5.74, 6) is -0.342. The number of oxime groups is 1. The Balaban J connectivity index is 2.00. The Morgan fingerprint density at radius 1 is 1.30 bits per heavy atom. The zero-order chi connectivity index (χ0) is 16.9. The number of anilines is 1. The number of unbranched alkanes of at least 4 members (excludes halogenated alkanes) is 1. The molecule has 0 saturated heterocycles. The first-order valence-electron chi connectivity index (χ1n) is 7.29. The number of nitrogens with zero attached hydrogens (tertiary/aromatic N) is 1. The van der Waals surface area contributed by atoms with Gasteiger partial charge in [-0.25, -0.2) is 0 Å². The van der Waals surface area contributed by atoms with Gasteiger partial charge >= 0.3 is 6.18 Å². The van der Waals surface area contributed by atoms with Crippen molar-refractivity contribution in [2.45, 2.75) is 32.4 Å². The standard InChI is InChI=1S/C16H17F3N2O2/c1-2-3-4-14-9-11(10-20-23-14)15(22)21-13-7-5-12(6-8-13)16(17,18)19/h5-11H,2-4H2,1H3,(H,21,22). The van der Waals surface area contributed by atoms with Crippen LogP contribution < -0.4 is 5.32 Å². The second-order valence-electron chi connectivity index (χ2n) is 5.17. The summed E-state index contributed by atoms with van der Waals surface area (Å²) in [6, 6.07) is 4.30. The van der Waals surface area contributed by atoms with Gasteiger partial charge in [0, 0.05) is 12.1 Å². The lowest BCUT2D eigenvalue weighted by Gasteiger charge is -2.15. The lowest BCUT2D eigenvalue weighted by molar-refractivity contribution is -0.137. The zero-order valence-corrected chi connectivity index (χ0v) is 12.6. The molecule has 1 unspecified atom stereocenters. The summed E-state index contributed by atoms with van der Waals surface area (Å²) < 4.78 is 37.5. The minimum Gasteiger partial charge on any atom is -0.362 e. The molecule has 0 bridgehead atoms. The third-order valence-corrected chi connectivity index (χ3v) is 3.32. The normalized spacial score (nSPS) is 17.4. The molecule has 23 heavy (non-hydrogen) atoms. The topological polar surface area (TPSA) is 50.7 Å². The van der Waals surface area contributed by atoms with Gasteiger partial charge in [-0.15, -0.1) is 0 Å². The molecule has 0 aromatic heterocycles. The van der Waals surface area contributed by atoms with Crippen molar-refractivity contribution < 1.29 is 22.8 Å². The van der Waals surface area contributed by atoms with Gasteiger partial charge in [0.05, 0.1) is 17.7 Å². The maximum atomic E-state index is 12.5. The summed E-state index contributed by atoms with van der Waals surface area (Å²) in [6.45, 7) is 2.04. The first-order valence-corrected chi connectivity index (χ1v) is 7.29. The number of rotatable bonds is 5. The first-order chi connectivity index (χ1) is 10.9. The Morgan fingerprint density at radius 3 is 2.61 bits per heavy atom. The maximum absolute atomic E-state index is 12.5. The second kappa shape index (κ2) is 7.30. The number of carbonyl (C=O) groups excluding carboxylic acids is 1. The monoisotopic (exact) mass is 326 g/mol. The van der Waals surface area contributed by atoms with Crippen molar-refractivity contribution in [2.24, 2.45) is 11.1 Å². The van der Waals surface area contributed by atoms with Crippen LogP contribution in [-0.4, -0.2) is 12.1 Å². The lowest BCUT2D eigenvalue weighted by atomic mass is 10.1. The van der Waals surface area contributed by atoms with Crippen molar-refractivity contribution in [1.29, 1.82) is 0 Å². The molecule has 1 aromatic rings. The molecule has 2 rings (SSSR count). The van der Waals surface area contributed by atoms with Crippen LogP contribution in [0.1, 0.15) is 31.7 Å². The Morgan fingerprint density at radius 2 is 2.00 bits per heavy atom. The Labute approximate surface area is 132 Å². The molecule has 1 N–H and O–H groups in total. The number of carbonyl (C=O) groups is 1. The van der Waals surface area contributed by atoms with E-state index >= 15 is 0 Å². The third kappa shape index (κ3) is 4.84. The summed E-state index contributed by atoms with van der Waals surface area (Å²) in [5.41, 5.74) is -0.462. The molecule has 0 radical (unpaired) electrons. The third-order valence-electron chi connectivity index (χ3n) is 3.32. The molecule has 124 valence electrons. The number of benzene rings is 1. The molecule has 0 fully saturated rings. The summed E-state index contributed by atoms with van der Waals surface area (Å²) >= 11 is 0. The van der Waals surface area contributed by atoms with Crippen LogP contribution in [-0.2, 0) is 15.8 Å². The Bertz CT molecular complexity index is 607. The molecular weight excluding hydrogens is 309 g/mol.